The van der Waals surface area contributed by atoms with Crippen molar-refractivity contribution in [2.45, 2.75) is 42.6 Å². The highest BCUT2D eigenvalue weighted by atomic mass is 32.2. The van der Waals surface area contributed by atoms with Crippen LogP contribution in [0.1, 0.15) is 25.7 Å². The van der Waals surface area contributed by atoms with Gasteiger partial charge in [0.05, 0.1) is 6.10 Å². The Labute approximate surface area is 113 Å². The van der Waals surface area contributed by atoms with Crippen LogP contribution in [0.25, 0.3) is 0 Å². The highest BCUT2D eigenvalue weighted by Crippen LogP contribution is 2.62. The van der Waals surface area contributed by atoms with E-state index in [2.05, 4.69) is 0 Å². The number of carbonyl (C=O) groups is 1. The number of aliphatic hydroxyl groups is 1. The number of ether oxygens (including phenoxy) is 1. The molecule has 0 radical (unpaired) electrons. The summed E-state index contributed by atoms with van der Waals surface area (Å²) in [6.45, 7) is 0. The first-order chi connectivity index (χ1) is 9.07. The molecule has 0 aromatic rings. The normalized spacial score (nSPS) is 43.0. The predicted octanol–water partition coefficient (Wildman–Crippen LogP) is 0.560. The zero-order valence-electron chi connectivity index (χ0n) is 10.3. The van der Waals surface area contributed by atoms with Crippen LogP contribution in [0.15, 0.2) is 0 Å². The fourth-order valence-electron chi connectivity index (χ4n) is 4.21. The van der Waals surface area contributed by atoms with E-state index in [9.17, 15) is 27.1 Å². The Balaban J connectivity index is 1.84. The maximum absolute atomic E-state index is 13.3. The van der Waals surface area contributed by atoms with Crippen molar-refractivity contribution in [3.05, 3.63) is 0 Å². The minimum Gasteiger partial charge on any atom is -0.453 e. The van der Waals surface area contributed by atoms with Gasteiger partial charge in [0.25, 0.3) is 0 Å². The summed E-state index contributed by atoms with van der Waals surface area (Å²) in [4.78, 5) is 11.4. The van der Waals surface area contributed by atoms with Crippen molar-refractivity contribution in [2.75, 3.05) is 0 Å². The molecule has 4 fully saturated rings. The second-order valence-corrected chi connectivity index (χ2v) is 7.51. The molecule has 4 bridgehead atoms. The molecule has 6 nitrogen and oxygen atoms in total. The van der Waals surface area contributed by atoms with Crippen LogP contribution in [0.3, 0.4) is 0 Å². The van der Waals surface area contributed by atoms with Crippen LogP contribution in [-0.2, 0) is 19.6 Å². The van der Waals surface area contributed by atoms with Gasteiger partial charge in [0.15, 0.2) is 0 Å². The van der Waals surface area contributed by atoms with Crippen molar-refractivity contribution >= 4 is 16.1 Å². The zero-order chi connectivity index (χ0) is 14.9. The molecule has 0 spiro atoms. The summed E-state index contributed by atoms with van der Waals surface area (Å²) in [5, 5.41) is 5.02. The second-order valence-electron chi connectivity index (χ2n) is 6.05. The molecule has 9 heteroatoms. The Hall–Kier alpha value is -0.800. The molecule has 4 saturated carbocycles. The molecule has 5 unspecified atom stereocenters. The van der Waals surface area contributed by atoms with Gasteiger partial charge in [-0.3, -0.25) is 4.55 Å². The van der Waals surface area contributed by atoms with Crippen LogP contribution in [0.4, 0.5) is 8.78 Å². The lowest BCUT2D eigenvalue weighted by Crippen LogP contribution is -2.46. The number of esters is 1. The SMILES string of the molecule is O=C(OC12CC3CC(C1)C(O)C2C3)C(F)(F)S(=O)(=O)O. The summed E-state index contributed by atoms with van der Waals surface area (Å²) in [5.74, 6) is -2.58. The first-order valence-electron chi connectivity index (χ1n) is 6.33. The first-order valence-corrected chi connectivity index (χ1v) is 7.77. The van der Waals surface area contributed by atoms with Gasteiger partial charge in [0.1, 0.15) is 5.60 Å². The van der Waals surface area contributed by atoms with Crippen molar-refractivity contribution in [1.29, 1.82) is 0 Å². The topological polar surface area (TPSA) is 101 Å². The van der Waals surface area contributed by atoms with Crippen LogP contribution in [0.5, 0.6) is 0 Å². The summed E-state index contributed by atoms with van der Waals surface area (Å²) in [6, 6.07) is 0. The van der Waals surface area contributed by atoms with E-state index in [0.717, 1.165) is 6.42 Å². The van der Waals surface area contributed by atoms with E-state index in [1.54, 1.807) is 0 Å². The van der Waals surface area contributed by atoms with E-state index >= 15 is 0 Å². The Morgan fingerprint density at radius 2 is 1.95 bits per heavy atom. The van der Waals surface area contributed by atoms with Gasteiger partial charge in [-0.2, -0.15) is 17.2 Å². The van der Waals surface area contributed by atoms with E-state index in [1.807, 2.05) is 0 Å². The van der Waals surface area contributed by atoms with Crippen molar-refractivity contribution < 1.29 is 36.4 Å². The summed E-state index contributed by atoms with van der Waals surface area (Å²) in [5.41, 5.74) is -1.21. The highest BCUT2D eigenvalue weighted by Gasteiger charge is 2.67. The lowest BCUT2D eigenvalue weighted by Gasteiger charge is -2.32. The van der Waals surface area contributed by atoms with Gasteiger partial charge < -0.3 is 9.84 Å². The number of hydrogen-bond acceptors (Lipinski definition) is 5. The number of aliphatic hydroxyl groups excluding tert-OH is 1. The standard InChI is InChI=1S/C11H14F2O6S/c12-11(13,20(16,17)18)9(15)19-10-3-5-1-6(4-10)8(14)7(10)2-5/h5-8,14H,1-4H2,(H,16,17,18). The lowest BCUT2D eigenvalue weighted by atomic mass is 9.80. The quantitative estimate of drug-likeness (QED) is 0.583. The largest absolute Gasteiger partial charge is 0.465 e. The zero-order valence-corrected chi connectivity index (χ0v) is 11.1. The molecule has 0 aromatic heterocycles. The summed E-state index contributed by atoms with van der Waals surface area (Å²) >= 11 is 0. The number of alkyl halides is 2. The highest BCUT2D eigenvalue weighted by molar-refractivity contribution is 7.87. The minimum atomic E-state index is -5.86. The van der Waals surface area contributed by atoms with Gasteiger partial charge in [-0.1, -0.05) is 0 Å². The van der Waals surface area contributed by atoms with E-state index in [0.29, 0.717) is 12.8 Å². The molecule has 5 atom stereocenters. The molecule has 4 aliphatic rings. The molecular weight excluding hydrogens is 298 g/mol. The number of halogens is 2. The predicted molar refractivity (Wildman–Crippen MR) is 60.3 cm³/mol. The van der Waals surface area contributed by atoms with E-state index < -0.39 is 39.0 Å². The van der Waals surface area contributed by atoms with Crippen molar-refractivity contribution in [3.8, 4) is 0 Å². The molecule has 0 heterocycles. The van der Waals surface area contributed by atoms with Crippen LogP contribution in [-0.4, -0.2) is 41.0 Å². The maximum Gasteiger partial charge on any atom is 0.465 e. The second kappa shape index (κ2) is 3.89. The summed E-state index contributed by atoms with van der Waals surface area (Å²) < 4.78 is 60.8. The Morgan fingerprint density at radius 3 is 2.55 bits per heavy atom. The van der Waals surface area contributed by atoms with Gasteiger partial charge in [-0.25, -0.2) is 4.79 Å². The van der Waals surface area contributed by atoms with Gasteiger partial charge >= 0.3 is 21.3 Å². The van der Waals surface area contributed by atoms with E-state index in [4.69, 9.17) is 9.29 Å². The van der Waals surface area contributed by atoms with Crippen molar-refractivity contribution in [3.63, 3.8) is 0 Å². The Bertz CT molecular complexity index is 561. The van der Waals surface area contributed by atoms with Gasteiger partial charge in [-0.15, -0.1) is 0 Å². The maximum atomic E-state index is 13.3. The summed E-state index contributed by atoms with van der Waals surface area (Å²) in [7, 11) is -5.86. The van der Waals surface area contributed by atoms with Crippen LogP contribution >= 0.6 is 0 Å². The monoisotopic (exact) mass is 312 g/mol. The molecular formula is C11H14F2O6S. The number of hydrogen-bond donors (Lipinski definition) is 2. The van der Waals surface area contributed by atoms with Crippen LogP contribution in [0, 0.1) is 17.8 Å². The van der Waals surface area contributed by atoms with Gasteiger partial charge in [0, 0.05) is 5.92 Å². The average Bonchev–Trinajstić information content (AvgIpc) is 2.65. The first kappa shape index (κ1) is 14.2. The molecule has 114 valence electrons. The molecule has 4 rings (SSSR count). The smallest absolute Gasteiger partial charge is 0.453 e. The molecule has 4 aliphatic carbocycles. The van der Waals surface area contributed by atoms with Crippen LogP contribution in [0.2, 0.25) is 0 Å². The van der Waals surface area contributed by atoms with E-state index in [-0.39, 0.29) is 18.3 Å². The molecule has 0 amide bonds. The third kappa shape index (κ3) is 1.72. The average molecular weight is 312 g/mol. The van der Waals surface area contributed by atoms with Gasteiger partial charge in [0.2, 0.25) is 0 Å². The number of carbonyl (C=O) groups excluding carboxylic acids is 1. The van der Waals surface area contributed by atoms with Crippen molar-refractivity contribution in [1.82, 2.24) is 0 Å². The third-order valence-electron chi connectivity index (χ3n) is 4.89. The molecule has 0 aromatic carbocycles. The molecule has 0 saturated heterocycles. The summed E-state index contributed by atoms with van der Waals surface area (Å²) in [6.07, 6.45) is 1.27. The molecule has 0 aliphatic heterocycles. The fourth-order valence-corrected chi connectivity index (χ4v) is 4.47. The van der Waals surface area contributed by atoms with Crippen molar-refractivity contribution in [2.24, 2.45) is 17.8 Å². The molecule has 20 heavy (non-hydrogen) atoms. The van der Waals surface area contributed by atoms with Gasteiger partial charge in [-0.05, 0) is 37.5 Å². The van der Waals surface area contributed by atoms with Crippen LogP contribution < -0.4 is 0 Å². The third-order valence-corrected chi connectivity index (χ3v) is 5.71. The number of rotatable bonds is 3. The minimum absolute atomic E-state index is 0.0975. The lowest BCUT2D eigenvalue weighted by molar-refractivity contribution is -0.182. The Morgan fingerprint density at radius 1 is 1.30 bits per heavy atom. The fraction of sp³-hybridized carbons (Fsp3) is 0.909. The molecule has 2 N–H and O–H groups in total. The Kier molecular flexibility index (Phi) is 2.75. The van der Waals surface area contributed by atoms with E-state index in [1.165, 1.54) is 0 Å².